The van der Waals surface area contributed by atoms with E-state index in [1.807, 2.05) is 12.3 Å². The van der Waals surface area contributed by atoms with E-state index >= 15 is 0 Å². The molecule has 0 bridgehead atoms. The number of hydrogen-bond donors (Lipinski definition) is 1. The molecule has 17 heavy (non-hydrogen) atoms. The predicted molar refractivity (Wildman–Crippen MR) is 73.2 cm³/mol. The average Bonchev–Trinajstić information content (AvgIpc) is 2.89. The Morgan fingerprint density at radius 1 is 1.35 bits per heavy atom. The Hall–Kier alpha value is -1.39. The molecule has 2 aromatic rings. The van der Waals surface area contributed by atoms with Crippen molar-refractivity contribution in [2.24, 2.45) is 5.73 Å². The fourth-order valence-electron chi connectivity index (χ4n) is 1.70. The topological polar surface area (TPSA) is 42.1 Å². The van der Waals surface area contributed by atoms with Crippen LogP contribution in [0.3, 0.4) is 0 Å². The number of pyridine rings is 1. The third-order valence-corrected chi connectivity index (χ3v) is 3.55. The summed E-state index contributed by atoms with van der Waals surface area (Å²) in [5.74, 6) is 0. The van der Waals surface area contributed by atoms with Crippen LogP contribution in [-0.4, -0.2) is 11.5 Å². The van der Waals surface area contributed by atoms with Crippen LogP contribution in [-0.2, 0) is 13.1 Å². The summed E-state index contributed by atoms with van der Waals surface area (Å²) in [6.45, 7) is 4.57. The number of rotatable bonds is 5. The highest BCUT2D eigenvalue weighted by Crippen LogP contribution is 2.18. The van der Waals surface area contributed by atoms with Crippen molar-refractivity contribution in [3.63, 3.8) is 0 Å². The van der Waals surface area contributed by atoms with E-state index in [1.54, 1.807) is 11.3 Å². The van der Waals surface area contributed by atoms with Crippen LogP contribution in [0.4, 0.5) is 5.69 Å². The van der Waals surface area contributed by atoms with E-state index in [2.05, 4.69) is 40.4 Å². The molecule has 0 amide bonds. The maximum Gasteiger partial charge on any atom is 0.0556 e. The van der Waals surface area contributed by atoms with Gasteiger partial charge in [-0.15, -0.1) is 11.3 Å². The number of nitrogens with two attached hydrogens (primary N) is 1. The van der Waals surface area contributed by atoms with E-state index < -0.39 is 0 Å². The molecule has 0 aliphatic rings. The first-order valence-electron chi connectivity index (χ1n) is 5.75. The van der Waals surface area contributed by atoms with Gasteiger partial charge in [0, 0.05) is 18.0 Å². The van der Waals surface area contributed by atoms with Gasteiger partial charge >= 0.3 is 0 Å². The lowest BCUT2D eigenvalue weighted by atomic mass is 10.3. The van der Waals surface area contributed by atoms with Gasteiger partial charge in [-0.2, -0.15) is 0 Å². The molecule has 0 saturated carbocycles. The van der Waals surface area contributed by atoms with E-state index in [0.29, 0.717) is 6.54 Å². The van der Waals surface area contributed by atoms with Gasteiger partial charge in [-0.05, 0) is 30.5 Å². The lowest BCUT2D eigenvalue weighted by Gasteiger charge is -2.22. The smallest absolute Gasteiger partial charge is 0.0556 e. The van der Waals surface area contributed by atoms with Crippen LogP contribution < -0.4 is 10.6 Å². The van der Waals surface area contributed by atoms with E-state index in [4.69, 9.17) is 5.73 Å². The molecule has 0 atom stereocenters. The summed E-state index contributed by atoms with van der Waals surface area (Å²) in [6.07, 6.45) is 1.90. The largest absolute Gasteiger partial charge is 0.365 e. The first-order valence-corrected chi connectivity index (χ1v) is 6.63. The third-order valence-electron chi connectivity index (χ3n) is 2.69. The normalized spacial score (nSPS) is 10.5. The molecule has 2 heterocycles. The van der Waals surface area contributed by atoms with Crippen molar-refractivity contribution < 1.29 is 0 Å². The van der Waals surface area contributed by atoms with Crippen LogP contribution in [0.2, 0.25) is 0 Å². The first kappa shape index (κ1) is 12.1. The SMILES string of the molecule is CCN(Cc1cccs1)c1ccc(CN)nc1. The maximum absolute atomic E-state index is 5.54. The summed E-state index contributed by atoms with van der Waals surface area (Å²) < 4.78 is 0. The lowest BCUT2D eigenvalue weighted by Crippen LogP contribution is -2.21. The van der Waals surface area contributed by atoms with Gasteiger partial charge in [-0.25, -0.2) is 0 Å². The summed E-state index contributed by atoms with van der Waals surface area (Å²) in [5.41, 5.74) is 7.63. The summed E-state index contributed by atoms with van der Waals surface area (Å²) in [6, 6.07) is 8.33. The molecule has 0 saturated heterocycles. The highest BCUT2D eigenvalue weighted by atomic mass is 32.1. The molecule has 3 nitrogen and oxygen atoms in total. The van der Waals surface area contributed by atoms with Crippen LogP contribution in [0.15, 0.2) is 35.8 Å². The highest BCUT2D eigenvalue weighted by molar-refractivity contribution is 7.09. The number of hydrogen-bond acceptors (Lipinski definition) is 4. The Kier molecular flexibility index (Phi) is 4.12. The first-order chi connectivity index (χ1) is 8.33. The molecular formula is C13H17N3S. The molecule has 2 aromatic heterocycles. The molecule has 0 aromatic carbocycles. The van der Waals surface area contributed by atoms with Crippen LogP contribution in [0.1, 0.15) is 17.5 Å². The second kappa shape index (κ2) is 5.80. The number of nitrogens with zero attached hydrogens (tertiary/aromatic N) is 2. The molecule has 0 aliphatic heterocycles. The number of aromatic nitrogens is 1. The Balaban J connectivity index is 2.11. The minimum absolute atomic E-state index is 0.497. The zero-order valence-electron chi connectivity index (χ0n) is 9.97. The zero-order valence-corrected chi connectivity index (χ0v) is 10.8. The molecule has 0 fully saturated rings. The second-order valence-corrected chi connectivity index (χ2v) is 4.84. The van der Waals surface area contributed by atoms with Gasteiger partial charge in [0.05, 0.1) is 24.1 Å². The zero-order chi connectivity index (χ0) is 12.1. The standard InChI is InChI=1S/C13H17N3S/c1-2-16(10-13-4-3-7-17-13)12-6-5-11(8-14)15-9-12/h3-7,9H,2,8,10,14H2,1H3. The molecule has 90 valence electrons. The van der Waals surface area contributed by atoms with Gasteiger partial charge in [0.1, 0.15) is 0 Å². The van der Waals surface area contributed by atoms with Crippen LogP contribution in [0, 0.1) is 0 Å². The molecule has 0 radical (unpaired) electrons. The van der Waals surface area contributed by atoms with Crippen molar-refractivity contribution in [2.75, 3.05) is 11.4 Å². The molecular weight excluding hydrogens is 230 g/mol. The quantitative estimate of drug-likeness (QED) is 0.883. The summed E-state index contributed by atoms with van der Waals surface area (Å²) >= 11 is 1.79. The van der Waals surface area contributed by atoms with Gasteiger partial charge in [0.15, 0.2) is 0 Å². The van der Waals surface area contributed by atoms with Gasteiger partial charge in [-0.3, -0.25) is 4.98 Å². The molecule has 4 heteroatoms. The molecule has 2 rings (SSSR count). The maximum atomic E-state index is 5.54. The van der Waals surface area contributed by atoms with Gasteiger partial charge in [0.2, 0.25) is 0 Å². The second-order valence-electron chi connectivity index (χ2n) is 3.81. The van der Waals surface area contributed by atoms with E-state index in [0.717, 1.165) is 24.5 Å². The van der Waals surface area contributed by atoms with Crippen molar-refractivity contribution in [1.29, 1.82) is 0 Å². The van der Waals surface area contributed by atoms with Crippen LogP contribution in [0.25, 0.3) is 0 Å². The van der Waals surface area contributed by atoms with E-state index in [-0.39, 0.29) is 0 Å². The molecule has 0 unspecified atom stereocenters. The Labute approximate surface area is 106 Å². The summed E-state index contributed by atoms with van der Waals surface area (Å²) in [4.78, 5) is 8.01. The summed E-state index contributed by atoms with van der Waals surface area (Å²) in [7, 11) is 0. The van der Waals surface area contributed by atoms with E-state index in [9.17, 15) is 0 Å². The minimum Gasteiger partial charge on any atom is -0.365 e. The van der Waals surface area contributed by atoms with Gasteiger partial charge < -0.3 is 10.6 Å². The fourth-order valence-corrected chi connectivity index (χ4v) is 2.42. The average molecular weight is 247 g/mol. The molecule has 2 N–H and O–H groups in total. The number of thiophene rings is 1. The lowest BCUT2D eigenvalue weighted by molar-refractivity contribution is 0.835. The predicted octanol–water partition coefficient (Wildman–Crippen LogP) is 2.63. The third kappa shape index (κ3) is 3.05. The van der Waals surface area contributed by atoms with Crippen molar-refractivity contribution in [2.45, 2.75) is 20.0 Å². The van der Waals surface area contributed by atoms with Crippen LogP contribution in [0.5, 0.6) is 0 Å². The highest BCUT2D eigenvalue weighted by Gasteiger charge is 2.06. The number of anilines is 1. The summed E-state index contributed by atoms with van der Waals surface area (Å²) in [5, 5.41) is 2.11. The Morgan fingerprint density at radius 2 is 2.24 bits per heavy atom. The Bertz CT molecular complexity index is 436. The van der Waals surface area contributed by atoms with Gasteiger partial charge in [-0.1, -0.05) is 6.07 Å². The van der Waals surface area contributed by atoms with Crippen molar-refractivity contribution >= 4 is 17.0 Å². The monoisotopic (exact) mass is 247 g/mol. The van der Waals surface area contributed by atoms with Crippen molar-refractivity contribution in [3.8, 4) is 0 Å². The molecule has 0 spiro atoms. The van der Waals surface area contributed by atoms with Crippen LogP contribution >= 0.6 is 11.3 Å². The fraction of sp³-hybridized carbons (Fsp3) is 0.308. The molecule has 0 aliphatic carbocycles. The minimum atomic E-state index is 0.497. The van der Waals surface area contributed by atoms with E-state index in [1.165, 1.54) is 4.88 Å². The van der Waals surface area contributed by atoms with Gasteiger partial charge in [0.25, 0.3) is 0 Å². The Morgan fingerprint density at radius 3 is 2.76 bits per heavy atom. The van der Waals surface area contributed by atoms with Crippen molar-refractivity contribution in [1.82, 2.24) is 4.98 Å². The van der Waals surface area contributed by atoms with Crippen molar-refractivity contribution in [3.05, 3.63) is 46.4 Å².